The maximum Gasteiger partial charge on any atom is 0.342 e. The quantitative estimate of drug-likeness (QED) is 0.339. The maximum atomic E-state index is 13.3. The van der Waals surface area contributed by atoms with E-state index in [9.17, 15) is 25.0 Å². The Morgan fingerprint density at radius 1 is 1.16 bits per heavy atom. The summed E-state index contributed by atoms with van der Waals surface area (Å²) in [4.78, 5) is 36.0. The van der Waals surface area contributed by atoms with Crippen LogP contribution in [-0.2, 0) is 14.3 Å². The first kappa shape index (κ1) is 22.1. The fourth-order valence-electron chi connectivity index (χ4n) is 4.00. The van der Waals surface area contributed by atoms with Gasteiger partial charge in [-0.25, -0.2) is 4.79 Å². The molecule has 0 spiro atoms. The first-order valence-corrected chi connectivity index (χ1v) is 9.80. The second-order valence-corrected chi connectivity index (χ2v) is 8.49. The van der Waals surface area contributed by atoms with Gasteiger partial charge in [-0.3, -0.25) is 15.4 Å². The molecule has 31 heavy (non-hydrogen) atoms. The van der Waals surface area contributed by atoms with Crippen molar-refractivity contribution in [2.45, 2.75) is 43.9 Å². The number of hydrogen-bond acceptors (Lipinski definition) is 7. The zero-order valence-corrected chi connectivity index (χ0v) is 17.4. The number of carbonyl (C=O) groups is 2. The summed E-state index contributed by atoms with van der Waals surface area (Å²) in [6.45, 7) is 5.08. The molecule has 8 nitrogen and oxygen atoms in total. The summed E-state index contributed by atoms with van der Waals surface area (Å²) in [5.41, 5.74) is -1.63. The van der Waals surface area contributed by atoms with E-state index in [0.717, 1.165) is 11.8 Å². The van der Waals surface area contributed by atoms with Crippen molar-refractivity contribution in [3.63, 3.8) is 0 Å². The average Bonchev–Trinajstić information content (AvgIpc) is 3.09. The van der Waals surface area contributed by atoms with Crippen LogP contribution in [-0.4, -0.2) is 28.3 Å². The molecule has 0 radical (unpaired) electrons. The molecule has 0 aromatic heterocycles. The third kappa shape index (κ3) is 4.18. The number of nitrogens with one attached hydrogen (secondary N) is 1. The fourth-order valence-corrected chi connectivity index (χ4v) is 4.00. The zero-order valence-electron chi connectivity index (χ0n) is 17.4. The van der Waals surface area contributed by atoms with Crippen LogP contribution in [0.1, 0.15) is 43.9 Å². The molecule has 1 N–H and O–H groups in total. The number of hydrogen-bond donors (Lipinski definition) is 1. The van der Waals surface area contributed by atoms with Gasteiger partial charge >= 0.3 is 5.97 Å². The highest BCUT2D eigenvalue weighted by Gasteiger charge is 2.60. The van der Waals surface area contributed by atoms with Crippen LogP contribution < -0.4 is 5.32 Å². The Kier molecular flexibility index (Phi) is 5.91. The normalized spacial score (nSPS) is 25.4. The number of ether oxygens (including phenoxy) is 1. The lowest BCUT2D eigenvalue weighted by Gasteiger charge is -2.31. The molecule has 0 bridgehead atoms. The van der Waals surface area contributed by atoms with Crippen LogP contribution in [0, 0.1) is 27.4 Å². The van der Waals surface area contributed by atoms with E-state index in [2.05, 4.69) is 11.4 Å². The Morgan fingerprint density at radius 3 is 2.26 bits per heavy atom. The minimum Gasteiger partial charge on any atom is -0.458 e. The summed E-state index contributed by atoms with van der Waals surface area (Å²) in [7, 11) is 0. The number of rotatable bonds is 5. The van der Waals surface area contributed by atoms with Gasteiger partial charge in [0.2, 0.25) is 5.54 Å². The van der Waals surface area contributed by atoms with Gasteiger partial charge in [0.15, 0.2) is 0 Å². The molecular formula is C23H23N3O5. The minimum atomic E-state index is -1.85. The minimum absolute atomic E-state index is 0.128. The van der Waals surface area contributed by atoms with E-state index in [1.807, 2.05) is 18.2 Å². The molecule has 1 aliphatic heterocycles. The van der Waals surface area contributed by atoms with Crippen LogP contribution in [0.15, 0.2) is 54.6 Å². The number of non-ortho nitro benzene ring substituents is 1. The van der Waals surface area contributed by atoms with Crippen LogP contribution in [0.5, 0.6) is 0 Å². The standard InChI is InChI=1S/C23H23N3O5/c1-22(2,3)31-21(28)23(14-24)19(15-9-11-17(12-10-15)26(29)30)18(13-27)20(25-23)16-7-5-4-6-8-16/h4-13,18-20,25H,1-3H3/t18-,19-,20-,23-/m1/s1. The Morgan fingerprint density at radius 2 is 1.77 bits per heavy atom. The van der Waals surface area contributed by atoms with Crippen LogP contribution in [0.2, 0.25) is 0 Å². The molecular weight excluding hydrogens is 398 g/mol. The first-order valence-electron chi connectivity index (χ1n) is 9.80. The van der Waals surface area contributed by atoms with Gasteiger partial charge in [0.05, 0.1) is 11.0 Å². The number of benzene rings is 2. The number of aldehydes is 1. The van der Waals surface area contributed by atoms with Crippen molar-refractivity contribution >= 4 is 17.9 Å². The van der Waals surface area contributed by atoms with Gasteiger partial charge in [0.25, 0.3) is 5.69 Å². The van der Waals surface area contributed by atoms with Gasteiger partial charge in [-0.05, 0) is 31.9 Å². The summed E-state index contributed by atoms with van der Waals surface area (Å²) in [5, 5.41) is 24.3. The van der Waals surface area contributed by atoms with Crippen LogP contribution in [0.25, 0.3) is 0 Å². The number of nitro groups is 1. The molecule has 1 saturated heterocycles. The van der Waals surface area contributed by atoms with Gasteiger partial charge in [-0.2, -0.15) is 5.26 Å². The van der Waals surface area contributed by atoms with Crippen LogP contribution in [0.4, 0.5) is 5.69 Å². The van der Waals surface area contributed by atoms with Gasteiger partial charge in [0, 0.05) is 30.0 Å². The summed E-state index contributed by atoms with van der Waals surface area (Å²) >= 11 is 0. The topological polar surface area (TPSA) is 122 Å². The number of nitro benzene ring substituents is 1. The van der Waals surface area contributed by atoms with Crippen LogP contribution in [0.3, 0.4) is 0 Å². The molecule has 1 fully saturated rings. The smallest absolute Gasteiger partial charge is 0.342 e. The Labute approximate surface area is 180 Å². The number of nitriles is 1. The van der Waals surface area contributed by atoms with E-state index in [1.165, 1.54) is 24.3 Å². The highest BCUT2D eigenvalue weighted by Crippen LogP contribution is 2.48. The molecule has 4 atom stereocenters. The molecule has 1 aliphatic rings. The van der Waals surface area contributed by atoms with E-state index in [0.29, 0.717) is 5.56 Å². The molecule has 0 amide bonds. The van der Waals surface area contributed by atoms with E-state index < -0.39 is 39.9 Å². The van der Waals surface area contributed by atoms with Crippen molar-refractivity contribution in [3.05, 3.63) is 75.8 Å². The van der Waals surface area contributed by atoms with Gasteiger partial charge in [-0.1, -0.05) is 42.5 Å². The van der Waals surface area contributed by atoms with E-state index in [4.69, 9.17) is 4.74 Å². The van der Waals surface area contributed by atoms with Crippen molar-refractivity contribution < 1.29 is 19.2 Å². The molecule has 3 rings (SSSR count). The van der Waals surface area contributed by atoms with Gasteiger partial charge in [-0.15, -0.1) is 0 Å². The summed E-state index contributed by atoms with van der Waals surface area (Å²) in [6.07, 6.45) is 0.722. The van der Waals surface area contributed by atoms with Gasteiger partial charge in [0.1, 0.15) is 11.9 Å². The third-order valence-corrected chi connectivity index (χ3v) is 5.30. The third-order valence-electron chi connectivity index (χ3n) is 5.30. The predicted octanol–water partition coefficient (Wildman–Crippen LogP) is 3.44. The largest absolute Gasteiger partial charge is 0.458 e. The summed E-state index contributed by atoms with van der Waals surface area (Å²) < 4.78 is 5.56. The molecule has 0 aliphatic carbocycles. The van der Waals surface area contributed by atoms with E-state index >= 15 is 0 Å². The Balaban J connectivity index is 2.17. The first-order chi connectivity index (χ1) is 14.6. The molecule has 0 saturated carbocycles. The molecule has 160 valence electrons. The second kappa shape index (κ2) is 8.28. The Bertz CT molecular complexity index is 1020. The van der Waals surface area contributed by atoms with E-state index in [-0.39, 0.29) is 5.69 Å². The zero-order chi connectivity index (χ0) is 22.8. The molecule has 2 aromatic rings. The fraction of sp³-hybridized carbons (Fsp3) is 0.348. The second-order valence-electron chi connectivity index (χ2n) is 8.49. The van der Waals surface area contributed by atoms with Crippen molar-refractivity contribution in [2.24, 2.45) is 5.92 Å². The average molecular weight is 421 g/mol. The Hall–Kier alpha value is -3.57. The van der Waals surface area contributed by atoms with E-state index in [1.54, 1.807) is 32.9 Å². The number of nitrogens with zero attached hydrogens (tertiary/aromatic N) is 2. The summed E-state index contributed by atoms with van der Waals surface area (Å²) in [6, 6.07) is 16.1. The van der Waals surface area contributed by atoms with Crippen molar-refractivity contribution in [1.82, 2.24) is 5.32 Å². The number of carbonyl (C=O) groups excluding carboxylic acids is 2. The van der Waals surface area contributed by atoms with Crippen molar-refractivity contribution in [1.29, 1.82) is 5.26 Å². The lowest BCUT2D eigenvalue weighted by molar-refractivity contribution is -0.384. The SMILES string of the molecule is CC(C)(C)OC(=O)[C@]1(C#N)N[C@H](c2ccccc2)[C@H](C=O)[C@H]1c1ccc([N+](=O)[O-])cc1. The predicted molar refractivity (Wildman–Crippen MR) is 112 cm³/mol. The monoisotopic (exact) mass is 421 g/mol. The lowest BCUT2D eigenvalue weighted by atomic mass is 9.74. The number of esters is 1. The summed E-state index contributed by atoms with van der Waals surface area (Å²) in [5.74, 6) is -2.48. The van der Waals surface area contributed by atoms with Crippen molar-refractivity contribution in [2.75, 3.05) is 0 Å². The highest BCUT2D eigenvalue weighted by molar-refractivity contribution is 5.89. The molecule has 0 unspecified atom stereocenters. The molecule has 2 aromatic carbocycles. The lowest BCUT2D eigenvalue weighted by Crippen LogP contribution is -2.53. The van der Waals surface area contributed by atoms with Crippen LogP contribution >= 0.6 is 0 Å². The van der Waals surface area contributed by atoms with Crippen molar-refractivity contribution in [3.8, 4) is 6.07 Å². The highest BCUT2D eigenvalue weighted by atomic mass is 16.6. The maximum absolute atomic E-state index is 13.3. The van der Waals surface area contributed by atoms with Gasteiger partial charge < -0.3 is 9.53 Å². The molecule has 8 heteroatoms. The molecule has 1 heterocycles.